The highest BCUT2D eigenvalue weighted by molar-refractivity contribution is 5.93. The van der Waals surface area contributed by atoms with Gasteiger partial charge in [-0.2, -0.15) is 0 Å². The predicted octanol–water partition coefficient (Wildman–Crippen LogP) is 3.61. The summed E-state index contributed by atoms with van der Waals surface area (Å²) in [6, 6.07) is 16.7. The molecule has 5 rings (SSSR count). The highest BCUT2D eigenvalue weighted by Gasteiger charge is 2.15. The minimum Gasteiger partial charge on any atom is -0.545 e. The van der Waals surface area contributed by atoms with Gasteiger partial charge in [0, 0.05) is 36.2 Å². The Bertz CT molecular complexity index is 1580. The van der Waals surface area contributed by atoms with Crippen LogP contribution in [0.5, 0.6) is 11.5 Å². The molecule has 182 valence electrons. The largest absolute Gasteiger partial charge is 0.545 e. The van der Waals surface area contributed by atoms with Gasteiger partial charge in [0.25, 0.3) is 0 Å². The van der Waals surface area contributed by atoms with E-state index in [1.807, 2.05) is 18.3 Å². The lowest BCUT2D eigenvalue weighted by Gasteiger charge is -2.13. The fourth-order valence-electron chi connectivity index (χ4n) is 4.10. The fraction of sp³-hybridized carbons (Fsp3) is 0.148. The first-order chi connectivity index (χ1) is 17.5. The second kappa shape index (κ2) is 9.53. The molecule has 0 aliphatic carbocycles. The van der Waals surface area contributed by atoms with Crippen LogP contribution in [0.15, 0.2) is 66.9 Å². The van der Waals surface area contributed by atoms with E-state index in [1.165, 1.54) is 18.2 Å². The number of hydrogen-bond donors (Lipinski definition) is 1. The molecule has 2 heterocycles. The Hall–Kier alpha value is -4.66. The standard InChI is InChI=1S/C27H23FN4O4/c1-35-20-11-10-18(23(13-20)36-2)14-29-27-31-24-21(4-3-5-22(24)28)25-30-19(15-32(25)27)12-16-6-8-17(9-7-16)26(33)34/h3-11,13,15H,12,14H2,1-2H3,(H,29,31)(H,33,34)/p-1. The summed E-state index contributed by atoms with van der Waals surface area (Å²) in [5, 5.41) is 14.9. The predicted molar refractivity (Wildman–Crippen MR) is 131 cm³/mol. The number of aromatic nitrogens is 3. The van der Waals surface area contributed by atoms with Crippen LogP contribution in [0.1, 0.15) is 27.2 Å². The van der Waals surface area contributed by atoms with Crippen LogP contribution in [0.2, 0.25) is 0 Å². The highest BCUT2D eigenvalue weighted by Crippen LogP contribution is 2.28. The van der Waals surface area contributed by atoms with Crippen LogP contribution < -0.4 is 19.9 Å². The third kappa shape index (κ3) is 4.38. The van der Waals surface area contributed by atoms with Crippen LogP contribution in [-0.2, 0) is 13.0 Å². The average Bonchev–Trinajstić information content (AvgIpc) is 3.32. The van der Waals surface area contributed by atoms with Crippen molar-refractivity contribution in [3.05, 3.63) is 95.1 Å². The number of para-hydroxylation sites is 1. The maximum atomic E-state index is 14.7. The molecule has 3 aromatic carbocycles. The number of anilines is 1. The van der Waals surface area contributed by atoms with Gasteiger partial charge in [-0.25, -0.2) is 14.4 Å². The molecule has 0 atom stereocenters. The molecule has 0 bridgehead atoms. The van der Waals surface area contributed by atoms with E-state index in [0.717, 1.165) is 16.8 Å². The van der Waals surface area contributed by atoms with Crippen molar-refractivity contribution in [1.29, 1.82) is 0 Å². The van der Waals surface area contributed by atoms with Gasteiger partial charge in [0.15, 0.2) is 0 Å². The number of carbonyl (C=O) groups is 1. The zero-order valence-corrected chi connectivity index (χ0v) is 19.6. The van der Waals surface area contributed by atoms with Crippen molar-refractivity contribution in [3.63, 3.8) is 0 Å². The summed E-state index contributed by atoms with van der Waals surface area (Å²) >= 11 is 0. The number of halogens is 1. The van der Waals surface area contributed by atoms with E-state index >= 15 is 0 Å². The Morgan fingerprint density at radius 1 is 1.06 bits per heavy atom. The smallest absolute Gasteiger partial charge is 0.209 e. The number of carboxylic acid groups (broad SMARTS) is 1. The number of carbonyl (C=O) groups excluding carboxylic acids is 1. The number of carboxylic acids is 1. The Balaban J connectivity index is 1.53. The van der Waals surface area contributed by atoms with E-state index in [1.54, 1.807) is 49.0 Å². The van der Waals surface area contributed by atoms with E-state index in [0.29, 0.717) is 41.4 Å². The first kappa shape index (κ1) is 23.1. The number of benzene rings is 3. The molecule has 0 amide bonds. The van der Waals surface area contributed by atoms with Crippen molar-refractivity contribution in [2.45, 2.75) is 13.0 Å². The van der Waals surface area contributed by atoms with Gasteiger partial charge in [-0.05, 0) is 35.4 Å². The van der Waals surface area contributed by atoms with E-state index in [2.05, 4.69) is 10.3 Å². The number of nitrogens with one attached hydrogen (secondary N) is 1. The summed E-state index contributed by atoms with van der Waals surface area (Å²) in [6.45, 7) is 0.368. The second-order valence-electron chi connectivity index (χ2n) is 8.19. The molecule has 9 heteroatoms. The monoisotopic (exact) mass is 485 g/mol. The Kier molecular flexibility index (Phi) is 6.12. The molecule has 36 heavy (non-hydrogen) atoms. The summed E-state index contributed by atoms with van der Waals surface area (Å²) in [5.74, 6) is 0.0826. The quantitative estimate of drug-likeness (QED) is 0.358. The number of aromatic carboxylic acids is 1. The van der Waals surface area contributed by atoms with Crippen LogP contribution in [0.3, 0.4) is 0 Å². The zero-order valence-electron chi connectivity index (χ0n) is 19.6. The molecule has 0 aliphatic rings. The van der Waals surface area contributed by atoms with Gasteiger partial charge in [0.05, 0.1) is 25.9 Å². The van der Waals surface area contributed by atoms with Gasteiger partial charge in [-0.3, -0.25) is 4.40 Å². The molecule has 0 unspecified atom stereocenters. The molecule has 0 saturated heterocycles. The number of nitrogens with zero attached hydrogens (tertiary/aromatic N) is 3. The van der Waals surface area contributed by atoms with E-state index in [4.69, 9.17) is 14.5 Å². The summed E-state index contributed by atoms with van der Waals surface area (Å²) < 4.78 is 27.2. The van der Waals surface area contributed by atoms with E-state index < -0.39 is 11.8 Å². The van der Waals surface area contributed by atoms with Crippen molar-refractivity contribution in [2.75, 3.05) is 19.5 Å². The summed E-state index contributed by atoms with van der Waals surface area (Å²) in [5.41, 5.74) is 3.36. The SMILES string of the molecule is COc1ccc(CNc2nc3c(F)cccc3c3nc(Cc4ccc(C(=O)[O-])cc4)cn23)c(OC)c1. The number of imidazole rings is 1. The lowest BCUT2D eigenvalue weighted by atomic mass is 10.1. The molecule has 0 saturated carbocycles. The molecule has 0 radical (unpaired) electrons. The van der Waals surface area contributed by atoms with Gasteiger partial charge in [0.1, 0.15) is 28.5 Å². The molecule has 0 spiro atoms. The average molecular weight is 485 g/mol. The Morgan fingerprint density at radius 3 is 2.58 bits per heavy atom. The number of hydrogen-bond acceptors (Lipinski definition) is 7. The van der Waals surface area contributed by atoms with Crippen molar-refractivity contribution in [2.24, 2.45) is 0 Å². The van der Waals surface area contributed by atoms with Gasteiger partial charge in [-0.1, -0.05) is 30.3 Å². The molecule has 0 fully saturated rings. The maximum Gasteiger partial charge on any atom is 0.209 e. The van der Waals surface area contributed by atoms with Gasteiger partial charge in [0.2, 0.25) is 5.95 Å². The van der Waals surface area contributed by atoms with Crippen LogP contribution >= 0.6 is 0 Å². The van der Waals surface area contributed by atoms with E-state index in [-0.39, 0.29) is 11.1 Å². The maximum absolute atomic E-state index is 14.7. The summed E-state index contributed by atoms with van der Waals surface area (Å²) in [7, 11) is 3.17. The topological polar surface area (TPSA) is 101 Å². The Labute approximate surface area is 206 Å². The van der Waals surface area contributed by atoms with Gasteiger partial charge >= 0.3 is 0 Å². The molecule has 8 nitrogen and oxygen atoms in total. The van der Waals surface area contributed by atoms with Crippen LogP contribution in [-0.4, -0.2) is 34.6 Å². The summed E-state index contributed by atoms with van der Waals surface area (Å²) in [4.78, 5) is 20.3. The molecule has 1 N–H and O–H groups in total. The first-order valence-corrected chi connectivity index (χ1v) is 11.2. The minimum absolute atomic E-state index is 0.111. The number of rotatable bonds is 8. The number of fused-ring (bicyclic) bond motifs is 3. The van der Waals surface area contributed by atoms with Crippen molar-refractivity contribution >= 4 is 28.5 Å². The molecule has 2 aromatic heterocycles. The van der Waals surface area contributed by atoms with Gasteiger partial charge in [-0.15, -0.1) is 0 Å². The molecular formula is C27H22FN4O4-. The normalized spacial score (nSPS) is 11.1. The second-order valence-corrected chi connectivity index (χ2v) is 8.19. The van der Waals surface area contributed by atoms with Crippen molar-refractivity contribution < 1.29 is 23.8 Å². The fourth-order valence-corrected chi connectivity index (χ4v) is 4.10. The lowest BCUT2D eigenvalue weighted by molar-refractivity contribution is -0.255. The zero-order chi connectivity index (χ0) is 25.2. The van der Waals surface area contributed by atoms with Crippen LogP contribution in [0.25, 0.3) is 16.6 Å². The Morgan fingerprint density at radius 2 is 1.86 bits per heavy atom. The highest BCUT2D eigenvalue weighted by atomic mass is 19.1. The minimum atomic E-state index is -1.22. The van der Waals surface area contributed by atoms with Crippen LogP contribution in [0.4, 0.5) is 10.3 Å². The number of methoxy groups -OCH3 is 2. The lowest BCUT2D eigenvalue weighted by Crippen LogP contribution is -2.21. The third-order valence-corrected chi connectivity index (χ3v) is 5.94. The molecule has 5 aromatic rings. The molecule has 0 aliphatic heterocycles. The van der Waals surface area contributed by atoms with Gasteiger partial charge < -0.3 is 24.7 Å². The van der Waals surface area contributed by atoms with Crippen molar-refractivity contribution in [3.8, 4) is 11.5 Å². The first-order valence-electron chi connectivity index (χ1n) is 11.2. The van der Waals surface area contributed by atoms with Crippen LogP contribution in [0, 0.1) is 5.82 Å². The van der Waals surface area contributed by atoms with E-state index in [9.17, 15) is 14.3 Å². The number of ether oxygens (including phenoxy) is 2. The van der Waals surface area contributed by atoms with Crippen molar-refractivity contribution in [1.82, 2.24) is 14.4 Å². The third-order valence-electron chi connectivity index (χ3n) is 5.94. The summed E-state index contributed by atoms with van der Waals surface area (Å²) in [6.07, 6.45) is 2.30. The molecular weight excluding hydrogens is 463 g/mol.